The summed E-state index contributed by atoms with van der Waals surface area (Å²) in [6.45, 7) is 3.97. The fourth-order valence-corrected chi connectivity index (χ4v) is 4.41. The first-order valence-corrected chi connectivity index (χ1v) is 11.3. The minimum Gasteiger partial charge on any atom is -0.480 e. The summed E-state index contributed by atoms with van der Waals surface area (Å²) >= 11 is 0. The molecule has 1 aromatic rings. The van der Waals surface area contributed by atoms with Gasteiger partial charge in [0.25, 0.3) is 0 Å². The number of rotatable bonds is 9. The molecule has 7 heteroatoms. The molecule has 1 heterocycles. The number of allylic oxidation sites excluding steroid dienone is 3. The Morgan fingerprint density at radius 3 is 2.69 bits per heavy atom. The van der Waals surface area contributed by atoms with Crippen molar-refractivity contribution in [3.8, 4) is 0 Å². The van der Waals surface area contributed by atoms with E-state index in [0.29, 0.717) is 25.8 Å². The predicted molar refractivity (Wildman–Crippen MR) is 121 cm³/mol. The Labute approximate surface area is 189 Å². The number of piperidine rings is 1. The van der Waals surface area contributed by atoms with Crippen molar-refractivity contribution in [2.75, 3.05) is 13.2 Å². The molecule has 1 saturated heterocycles. The molecule has 1 aromatic carbocycles. The summed E-state index contributed by atoms with van der Waals surface area (Å²) in [4.78, 5) is 39.2. The van der Waals surface area contributed by atoms with E-state index in [1.807, 2.05) is 48.6 Å². The number of amides is 1. The molecule has 3 rings (SSSR count). The van der Waals surface area contributed by atoms with Gasteiger partial charge in [0.15, 0.2) is 0 Å². The molecule has 1 amide bonds. The molecular formula is C25H32N2O5. The lowest BCUT2D eigenvalue weighted by Crippen LogP contribution is -2.57. The third-order valence-corrected chi connectivity index (χ3v) is 6.15. The van der Waals surface area contributed by atoms with Crippen molar-refractivity contribution in [2.24, 2.45) is 5.92 Å². The molecule has 0 bridgehead atoms. The number of likely N-dealkylation sites (tertiary alicyclic amines) is 1. The van der Waals surface area contributed by atoms with Gasteiger partial charge >= 0.3 is 11.9 Å². The predicted octanol–water partition coefficient (Wildman–Crippen LogP) is 2.72. The zero-order chi connectivity index (χ0) is 23.1. The molecule has 0 saturated carbocycles. The smallest absolute Gasteiger partial charge is 0.326 e. The number of aryl methyl sites for hydroxylation is 1. The van der Waals surface area contributed by atoms with E-state index in [0.717, 1.165) is 17.6 Å². The first-order valence-electron chi connectivity index (χ1n) is 11.3. The van der Waals surface area contributed by atoms with E-state index in [2.05, 4.69) is 5.32 Å². The van der Waals surface area contributed by atoms with Crippen molar-refractivity contribution in [3.05, 3.63) is 59.7 Å². The Balaban J connectivity index is 1.70. The Kier molecular flexibility index (Phi) is 8.22. The maximum Gasteiger partial charge on any atom is 0.326 e. The van der Waals surface area contributed by atoms with Gasteiger partial charge in [0.05, 0.1) is 12.6 Å². The van der Waals surface area contributed by atoms with Gasteiger partial charge in [0.1, 0.15) is 12.1 Å². The summed E-state index contributed by atoms with van der Waals surface area (Å²) in [6, 6.07) is 7.55. The molecule has 1 unspecified atom stereocenters. The second kappa shape index (κ2) is 11.1. The van der Waals surface area contributed by atoms with E-state index in [4.69, 9.17) is 4.74 Å². The molecule has 7 nitrogen and oxygen atoms in total. The highest BCUT2D eigenvalue weighted by molar-refractivity contribution is 5.88. The average Bonchev–Trinajstić information content (AvgIpc) is 2.80. The fraction of sp³-hybridized carbons (Fsp3) is 0.480. The summed E-state index contributed by atoms with van der Waals surface area (Å²) in [7, 11) is 0. The van der Waals surface area contributed by atoms with Crippen molar-refractivity contribution in [2.45, 2.75) is 57.7 Å². The van der Waals surface area contributed by atoms with Crippen LogP contribution in [0.2, 0.25) is 0 Å². The van der Waals surface area contributed by atoms with Gasteiger partial charge in [0, 0.05) is 6.54 Å². The summed E-state index contributed by atoms with van der Waals surface area (Å²) in [5.41, 5.74) is 2.17. The van der Waals surface area contributed by atoms with Crippen molar-refractivity contribution < 1.29 is 24.2 Å². The van der Waals surface area contributed by atoms with Crippen LogP contribution in [-0.4, -0.2) is 59.1 Å². The molecule has 0 aromatic heterocycles. The standard InChI is InChI=1S/C25H32N2O5/c1-3-32-25(31)21(14-13-18-9-5-4-6-10-18)26-17(2)23(28)27-16-20-12-8-7-11-19(20)15-22(27)24(29)30/h4-10,12,17,19,21-22,26H,3,11,13-16H2,1-2H3,(H,29,30)/t17-,19-,21?,22-/m0/s1. The van der Waals surface area contributed by atoms with Crippen LogP contribution in [0, 0.1) is 5.92 Å². The number of carbonyl (C=O) groups is 3. The number of aliphatic carboxylic acids is 1. The van der Waals surface area contributed by atoms with E-state index < -0.39 is 30.1 Å². The van der Waals surface area contributed by atoms with E-state index in [1.54, 1.807) is 13.8 Å². The number of hydrogen-bond donors (Lipinski definition) is 2. The maximum absolute atomic E-state index is 13.3. The third kappa shape index (κ3) is 5.85. The van der Waals surface area contributed by atoms with Crippen LogP contribution in [0.3, 0.4) is 0 Å². The molecule has 2 N–H and O–H groups in total. The Morgan fingerprint density at radius 1 is 1.25 bits per heavy atom. The Hall–Kier alpha value is -2.93. The van der Waals surface area contributed by atoms with Gasteiger partial charge in [-0.2, -0.15) is 0 Å². The molecule has 1 aliphatic heterocycles. The zero-order valence-corrected chi connectivity index (χ0v) is 18.7. The number of carbonyl (C=O) groups excluding carboxylic acids is 2. The normalized spacial score (nSPS) is 21.8. The van der Waals surface area contributed by atoms with Crippen LogP contribution in [-0.2, 0) is 25.5 Å². The number of nitrogens with one attached hydrogen (secondary N) is 1. The number of hydrogen-bond acceptors (Lipinski definition) is 5. The monoisotopic (exact) mass is 440 g/mol. The van der Waals surface area contributed by atoms with Gasteiger partial charge in [-0.1, -0.05) is 48.6 Å². The summed E-state index contributed by atoms with van der Waals surface area (Å²) < 4.78 is 5.21. The fourth-order valence-electron chi connectivity index (χ4n) is 4.41. The molecule has 4 atom stereocenters. The van der Waals surface area contributed by atoms with Crippen LogP contribution in [0.25, 0.3) is 0 Å². The van der Waals surface area contributed by atoms with Gasteiger partial charge in [-0.3, -0.25) is 14.9 Å². The maximum atomic E-state index is 13.3. The lowest BCUT2D eigenvalue weighted by molar-refractivity contribution is -0.153. The molecule has 32 heavy (non-hydrogen) atoms. The average molecular weight is 441 g/mol. The summed E-state index contributed by atoms with van der Waals surface area (Å²) in [6.07, 6.45) is 8.30. The lowest BCUT2D eigenvalue weighted by Gasteiger charge is -2.41. The second-order valence-electron chi connectivity index (χ2n) is 8.38. The summed E-state index contributed by atoms with van der Waals surface area (Å²) in [5, 5.41) is 12.9. The molecule has 172 valence electrons. The molecule has 0 spiro atoms. The van der Waals surface area contributed by atoms with Gasteiger partial charge in [-0.15, -0.1) is 0 Å². The molecule has 1 aliphatic carbocycles. The largest absolute Gasteiger partial charge is 0.480 e. The van der Waals surface area contributed by atoms with E-state index in [1.165, 1.54) is 4.90 Å². The number of fused-ring (bicyclic) bond motifs is 1. The minimum atomic E-state index is -0.995. The van der Waals surface area contributed by atoms with Crippen LogP contribution in [0.4, 0.5) is 0 Å². The Bertz CT molecular complexity index is 880. The van der Waals surface area contributed by atoms with Gasteiger partial charge in [0.2, 0.25) is 5.91 Å². The van der Waals surface area contributed by atoms with Crippen LogP contribution in [0.5, 0.6) is 0 Å². The van der Waals surface area contributed by atoms with E-state index >= 15 is 0 Å². The number of carboxylic acid groups (broad SMARTS) is 1. The molecule has 1 fully saturated rings. The van der Waals surface area contributed by atoms with Crippen molar-refractivity contribution in [1.82, 2.24) is 10.2 Å². The van der Waals surface area contributed by atoms with Crippen LogP contribution >= 0.6 is 0 Å². The van der Waals surface area contributed by atoms with Crippen molar-refractivity contribution >= 4 is 17.8 Å². The minimum absolute atomic E-state index is 0.159. The quantitative estimate of drug-likeness (QED) is 0.573. The highest BCUT2D eigenvalue weighted by Gasteiger charge is 2.40. The van der Waals surface area contributed by atoms with Crippen LogP contribution in [0.15, 0.2) is 54.1 Å². The lowest BCUT2D eigenvalue weighted by atomic mass is 9.81. The SMILES string of the molecule is CCOC(=O)C(CCc1ccccc1)N[C@@H](C)C(=O)N1CC2=CC=CC[C@H]2C[C@H]1C(=O)O. The van der Waals surface area contributed by atoms with Gasteiger partial charge in [-0.05, 0) is 56.6 Å². The highest BCUT2D eigenvalue weighted by Crippen LogP contribution is 2.33. The van der Waals surface area contributed by atoms with Crippen LogP contribution < -0.4 is 5.32 Å². The topological polar surface area (TPSA) is 95.9 Å². The van der Waals surface area contributed by atoms with Gasteiger partial charge in [-0.25, -0.2) is 4.79 Å². The summed E-state index contributed by atoms with van der Waals surface area (Å²) in [5.74, 6) is -1.56. The van der Waals surface area contributed by atoms with Crippen molar-refractivity contribution in [1.29, 1.82) is 0 Å². The second-order valence-corrected chi connectivity index (χ2v) is 8.38. The van der Waals surface area contributed by atoms with Crippen molar-refractivity contribution in [3.63, 3.8) is 0 Å². The molecule has 0 radical (unpaired) electrons. The molecule has 2 aliphatic rings. The van der Waals surface area contributed by atoms with E-state index in [-0.39, 0.29) is 18.4 Å². The first-order chi connectivity index (χ1) is 15.4. The molecular weight excluding hydrogens is 408 g/mol. The number of benzene rings is 1. The van der Waals surface area contributed by atoms with Crippen LogP contribution in [0.1, 0.15) is 38.7 Å². The first kappa shape index (κ1) is 23.7. The number of carboxylic acids is 1. The highest BCUT2D eigenvalue weighted by atomic mass is 16.5. The third-order valence-electron chi connectivity index (χ3n) is 6.15. The van der Waals surface area contributed by atoms with E-state index in [9.17, 15) is 19.5 Å². The van der Waals surface area contributed by atoms with Gasteiger partial charge < -0.3 is 14.7 Å². The Morgan fingerprint density at radius 2 is 2.00 bits per heavy atom. The number of esters is 1. The number of ether oxygens (including phenoxy) is 1. The number of nitrogens with zero attached hydrogens (tertiary/aromatic N) is 1. The zero-order valence-electron chi connectivity index (χ0n) is 18.7.